The predicted octanol–water partition coefficient (Wildman–Crippen LogP) is 0.897. The molecule has 1 saturated heterocycles. The highest BCUT2D eigenvalue weighted by Gasteiger charge is 2.20. The summed E-state index contributed by atoms with van der Waals surface area (Å²) in [6, 6.07) is 0. The zero-order chi connectivity index (χ0) is 13.5. The van der Waals surface area contributed by atoms with Gasteiger partial charge in [0.15, 0.2) is 0 Å². The molecule has 0 saturated carbocycles. The smallest absolute Gasteiger partial charge is 0.234 e. The van der Waals surface area contributed by atoms with Gasteiger partial charge in [-0.1, -0.05) is 6.08 Å². The molecule has 1 amide bonds. The molecular weight excluding hydrogens is 240 g/mol. The van der Waals surface area contributed by atoms with Crippen molar-refractivity contribution in [1.82, 2.24) is 19.8 Å². The maximum absolute atomic E-state index is 11.6. The maximum atomic E-state index is 11.6. The third-order valence-corrected chi connectivity index (χ3v) is 3.55. The van der Waals surface area contributed by atoms with Crippen molar-refractivity contribution in [1.29, 1.82) is 0 Å². The van der Waals surface area contributed by atoms with Crippen LogP contribution in [-0.2, 0) is 11.3 Å². The number of hydrogen-bond acceptors (Lipinski definition) is 3. The van der Waals surface area contributed by atoms with Gasteiger partial charge in [0.25, 0.3) is 0 Å². The number of carbonyl (C=O) groups excluding carboxylic acids is 1. The number of nitrogens with zero attached hydrogens (tertiary/aromatic N) is 3. The summed E-state index contributed by atoms with van der Waals surface area (Å²) in [7, 11) is 0. The van der Waals surface area contributed by atoms with Gasteiger partial charge in [0.2, 0.25) is 5.91 Å². The van der Waals surface area contributed by atoms with Gasteiger partial charge in [0.1, 0.15) is 0 Å². The summed E-state index contributed by atoms with van der Waals surface area (Å²) >= 11 is 0. The first-order valence-electron chi connectivity index (χ1n) is 6.83. The number of amides is 1. The number of rotatable bonds is 6. The third-order valence-electron chi connectivity index (χ3n) is 3.55. The molecular formula is C14H22N4O. The molecule has 1 N–H and O–H groups in total. The van der Waals surface area contributed by atoms with Crippen molar-refractivity contribution in [2.45, 2.75) is 19.4 Å². The van der Waals surface area contributed by atoms with Crippen LogP contribution in [-0.4, -0.2) is 46.5 Å². The third kappa shape index (κ3) is 4.52. The topological polar surface area (TPSA) is 50.2 Å². The lowest BCUT2D eigenvalue weighted by atomic mass is 9.97. The van der Waals surface area contributed by atoms with Gasteiger partial charge >= 0.3 is 0 Å². The van der Waals surface area contributed by atoms with Crippen LogP contribution in [0.2, 0.25) is 0 Å². The van der Waals surface area contributed by atoms with Crippen molar-refractivity contribution in [3.8, 4) is 0 Å². The molecule has 5 nitrogen and oxygen atoms in total. The van der Waals surface area contributed by atoms with E-state index in [1.807, 2.05) is 18.7 Å². The molecule has 0 aliphatic carbocycles. The number of carbonyl (C=O) groups is 1. The quantitative estimate of drug-likeness (QED) is 0.775. The first kappa shape index (κ1) is 13.8. The van der Waals surface area contributed by atoms with Crippen molar-refractivity contribution < 1.29 is 4.79 Å². The van der Waals surface area contributed by atoms with Crippen molar-refractivity contribution in [3.05, 3.63) is 31.4 Å². The highest BCUT2D eigenvalue weighted by molar-refractivity contribution is 5.78. The van der Waals surface area contributed by atoms with E-state index in [9.17, 15) is 4.79 Å². The van der Waals surface area contributed by atoms with Gasteiger partial charge in [0, 0.05) is 25.5 Å². The molecule has 0 radical (unpaired) electrons. The van der Waals surface area contributed by atoms with E-state index in [0.29, 0.717) is 19.0 Å². The fourth-order valence-corrected chi connectivity index (χ4v) is 2.46. The van der Waals surface area contributed by atoms with Crippen LogP contribution in [0.3, 0.4) is 0 Å². The van der Waals surface area contributed by atoms with Crippen molar-refractivity contribution in [2.75, 3.05) is 26.2 Å². The fourth-order valence-electron chi connectivity index (χ4n) is 2.46. The Hall–Kier alpha value is -1.62. The minimum atomic E-state index is 0.0907. The molecule has 104 valence electrons. The predicted molar refractivity (Wildman–Crippen MR) is 74.6 cm³/mol. The molecule has 1 aliphatic heterocycles. The van der Waals surface area contributed by atoms with Crippen LogP contribution in [0.1, 0.15) is 12.8 Å². The Morgan fingerprint density at radius 3 is 2.89 bits per heavy atom. The normalized spacial score (nSPS) is 17.3. The Morgan fingerprint density at radius 1 is 1.47 bits per heavy atom. The molecule has 0 atom stereocenters. The van der Waals surface area contributed by atoms with Crippen LogP contribution in [0.25, 0.3) is 0 Å². The Balaban J connectivity index is 1.67. The number of hydrogen-bond donors (Lipinski definition) is 1. The van der Waals surface area contributed by atoms with Crippen molar-refractivity contribution >= 4 is 5.91 Å². The van der Waals surface area contributed by atoms with Crippen LogP contribution in [0.5, 0.6) is 0 Å². The molecule has 0 bridgehead atoms. The van der Waals surface area contributed by atoms with Crippen LogP contribution < -0.4 is 5.32 Å². The molecule has 1 aromatic rings. The van der Waals surface area contributed by atoms with Gasteiger partial charge in [-0.05, 0) is 31.8 Å². The molecule has 1 aromatic heterocycles. The zero-order valence-corrected chi connectivity index (χ0v) is 11.3. The van der Waals surface area contributed by atoms with Gasteiger partial charge in [-0.2, -0.15) is 0 Å². The van der Waals surface area contributed by atoms with Gasteiger partial charge in [-0.25, -0.2) is 4.98 Å². The van der Waals surface area contributed by atoms with E-state index >= 15 is 0 Å². The van der Waals surface area contributed by atoms with E-state index in [-0.39, 0.29) is 5.91 Å². The number of aromatic nitrogens is 2. The van der Waals surface area contributed by atoms with Crippen molar-refractivity contribution in [3.63, 3.8) is 0 Å². The minimum Gasteiger partial charge on any atom is -0.352 e. The van der Waals surface area contributed by atoms with Gasteiger partial charge in [0.05, 0.1) is 12.9 Å². The van der Waals surface area contributed by atoms with E-state index < -0.39 is 0 Å². The Kier molecular flexibility index (Phi) is 5.15. The summed E-state index contributed by atoms with van der Waals surface area (Å²) in [4.78, 5) is 17.9. The fraction of sp³-hybridized carbons (Fsp3) is 0.571. The highest BCUT2D eigenvalue weighted by atomic mass is 16.2. The second kappa shape index (κ2) is 7.09. The maximum Gasteiger partial charge on any atom is 0.234 e. The van der Waals surface area contributed by atoms with Crippen LogP contribution in [0.15, 0.2) is 31.4 Å². The van der Waals surface area contributed by atoms with Crippen LogP contribution >= 0.6 is 0 Å². The monoisotopic (exact) mass is 262 g/mol. The van der Waals surface area contributed by atoms with Gasteiger partial charge < -0.3 is 9.88 Å². The number of nitrogens with one attached hydrogen (secondary N) is 1. The summed E-state index contributed by atoms with van der Waals surface area (Å²) in [5.74, 6) is 0.787. The molecule has 19 heavy (non-hydrogen) atoms. The summed E-state index contributed by atoms with van der Waals surface area (Å²) in [5.41, 5.74) is 0. The summed E-state index contributed by atoms with van der Waals surface area (Å²) < 4.78 is 2.14. The van der Waals surface area contributed by atoms with Crippen molar-refractivity contribution in [2.24, 2.45) is 5.92 Å². The minimum absolute atomic E-state index is 0.0907. The molecule has 0 unspecified atom stereocenters. The zero-order valence-electron chi connectivity index (χ0n) is 11.3. The Morgan fingerprint density at radius 2 is 2.26 bits per heavy atom. The summed E-state index contributed by atoms with van der Waals surface area (Å²) in [6.07, 6.45) is 9.69. The highest BCUT2D eigenvalue weighted by Crippen LogP contribution is 2.18. The van der Waals surface area contributed by atoms with E-state index in [1.54, 1.807) is 6.08 Å². The number of likely N-dealkylation sites (tertiary alicyclic amines) is 1. The average molecular weight is 262 g/mol. The first-order chi connectivity index (χ1) is 9.28. The number of piperidine rings is 1. The van der Waals surface area contributed by atoms with E-state index in [0.717, 1.165) is 32.5 Å². The lowest BCUT2D eigenvalue weighted by Crippen LogP contribution is -2.42. The average Bonchev–Trinajstić information content (AvgIpc) is 2.91. The van der Waals surface area contributed by atoms with Gasteiger partial charge in [-0.15, -0.1) is 6.58 Å². The van der Waals surface area contributed by atoms with E-state index in [1.165, 1.54) is 0 Å². The molecule has 1 aliphatic rings. The Labute approximate surface area is 114 Å². The second-order valence-electron chi connectivity index (χ2n) is 5.07. The van der Waals surface area contributed by atoms with Crippen LogP contribution in [0.4, 0.5) is 0 Å². The SMILES string of the molecule is C=CCNC(=O)CN1CCC(Cn2ccnc2)CC1. The lowest BCUT2D eigenvalue weighted by molar-refractivity contribution is -0.122. The molecule has 5 heteroatoms. The second-order valence-corrected chi connectivity index (χ2v) is 5.07. The molecule has 0 aromatic carbocycles. The summed E-state index contributed by atoms with van der Waals surface area (Å²) in [6.45, 7) is 7.69. The Bertz CT molecular complexity index is 394. The molecule has 0 spiro atoms. The van der Waals surface area contributed by atoms with Crippen LogP contribution in [0, 0.1) is 5.92 Å². The lowest BCUT2D eigenvalue weighted by Gasteiger charge is -2.31. The number of imidazole rings is 1. The largest absolute Gasteiger partial charge is 0.352 e. The molecule has 1 fully saturated rings. The summed E-state index contributed by atoms with van der Waals surface area (Å²) in [5, 5.41) is 2.82. The molecule has 2 heterocycles. The van der Waals surface area contributed by atoms with E-state index in [4.69, 9.17) is 0 Å². The van der Waals surface area contributed by atoms with Gasteiger partial charge in [-0.3, -0.25) is 9.69 Å². The van der Waals surface area contributed by atoms with E-state index in [2.05, 4.69) is 26.3 Å². The standard InChI is InChI=1S/C14H22N4O/c1-2-5-16-14(19)11-17-7-3-13(4-8-17)10-18-9-6-15-12-18/h2,6,9,12-13H,1,3-5,7-8,10-11H2,(H,16,19). The first-order valence-corrected chi connectivity index (χ1v) is 6.83. The molecule has 2 rings (SSSR count).